The number of carbonyl (C=O) groups excluding carboxylic acids is 1. The van der Waals surface area contributed by atoms with Gasteiger partial charge in [-0.3, -0.25) is 24.9 Å². The maximum Gasteiger partial charge on any atom is 0.270 e. The van der Waals surface area contributed by atoms with E-state index in [2.05, 4.69) is 15.0 Å². The molecule has 11 nitrogen and oxygen atoms in total. The van der Waals surface area contributed by atoms with Crippen LogP contribution in [0.15, 0.2) is 53.4 Å². The molecule has 0 aliphatic carbocycles. The number of rotatable bonds is 8. The summed E-state index contributed by atoms with van der Waals surface area (Å²) in [5.74, 6) is -0.273. The number of aromatic nitrogens is 1. The maximum absolute atomic E-state index is 13.1. The molecule has 0 spiro atoms. The number of halogens is 2. The predicted molar refractivity (Wildman–Crippen MR) is 141 cm³/mol. The summed E-state index contributed by atoms with van der Waals surface area (Å²) in [6.45, 7) is 0. The number of fused-ring (bicyclic) bond motifs is 1. The third-order valence-corrected chi connectivity index (χ3v) is 7.94. The number of non-ortho nitro benzene ring substituents is 1. The smallest absolute Gasteiger partial charge is 0.270 e. The third kappa shape index (κ3) is 5.54. The lowest BCUT2D eigenvalue weighted by Crippen LogP contribution is -2.17. The second kappa shape index (κ2) is 10.4. The number of thiazole rings is 1. The van der Waals surface area contributed by atoms with E-state index in [1.54, 1.807) is 0 Å². The van der Waals surface area contributed by atoms with Gasteiger partial charge in [0.05, 0.1) is 55.6 Å². The Kier molecular flexibility index (Phi) is 7.41. The van der Waals surface area contributed by atoms with E-state index < -0.39 is 20.9 Å². The molecule has 0 bridgehead atoms. The number of nitrogens with zero attached hydrogens (tertiary/aromatic N) is 2. The van der Waals surface area contributed by atoms with Crippen LogP contribution < -0.4 is 19.5 Å². The predicted octanol–water partition coefficient (Wildman–Crippen LogP) is 5.58. The van der Waals surface area contributed by atoms with Crippen LogP contribution in [0.5, 0.6) is 11.5 Å². The molecule has 15 heteroatoms. The van der Waals surface area contributed by atoms with E-state index in [1.807, 2.05) is 0 Å². The van der Waals surface area contributed by atoms with Gasteiger partial charge in [0.15, 0.2) is 5.13 Å². The molecule has 1 heterocycles. The van der Waals surface area contributed by atoms with E-state index >= 15 is 0 Å². The first-order valence-corrected chi connectivity index (χ1v) is 13.2. The van der Waals surface area contributed by atoms with Crippen molar-refractivity contribution < 1.29 is 27.6 Å². The molecule has 0 atom stereocenters. The molecular weight excluding hydrogens is 567 g/mol. The number of hydrogen-bond acceptors (Lipinski definition) is 9. The van der Waals surface area contributed by atoms with Gasteiger partial charge < -0.3 is 9.47 Å². The van der Waals surface area contributed by atoms with Gasteiger partial charge in [-0.2, -0.15) is 0 Å². The van der Waals surface area contributed by atoms with Gasteiger partial charge in [-0.1, -0.05) is 34.5 Å². The molecule has 3 aromatic carbocycles. The van der Waals surface area contributed by atoms with E-state index in [9.17, 15) is 23.3 Å². The van der Waals surface area contributed by atoms with Crippen LogP contribution in [0.3, 0.4) is 0 Å². The van der Waals surface area contributed by atoms with Gasteiger partial charge in [0.25, 0.3) is 21.6 Å². The van der Waals surface area contributed by atoms with Crippen molar-refractivity contribution in [3.63, 3.8) is 0 Å². The van der Waals surface area contributed by atoms with Crippen molar-refractivity contribution in [2.45, 2.75) is 4.90 Å². The van der Waals surface area contributed by atoms with Crippen LogP contribution in [0.2, 0.25) is 10.0 Å². The average Bonchev–Trinajstić information content (AvgIpc) is 3.25. The topological polar surface area (TPSA) is 150 Å². The van der Waals surface area contributed by atoms with Crippen LogP contribution >= 0.6 is 34.5 Å². The van der Waals surface area contributed by atoms with Crippen LogP contribution in [0.25, 0.3) is 10.2 Å². The molecule has 0 aliphatic heterocycles. The monoisotopic (exact) mass is 582 g/mol. The number of amides is 1. The first-order chi connectivity index (χ1) is 17.5. The standard InChI is InChI=1S/C22H16Cl2N4O7S2/c1-34-18-10-19(35-2)17(9-15(18)24)27-37(32,33)12-4-5-14(23)13(8-12)21(29)26-22-25-16-6-3-11(28(30)31)7-20(16)36-22/h3-10,27H,1-2H3,(H,25,26,29). The van der Waals surface area contributed by atoms with Crippen LogP contribution in [-0.2, 0) is 10.0 Å². The lowest BCUT2D eigenvalue weighted by atomic mass is 10.2. The van der Waals surface area contributed by atoms with E-state index in [0.717, 1.165) is 17.4 Å². The van der Waals surface area contributed by atoms with E-state index in [-0.39, 0.29) is 48.5 Å². The summed E-state index contributed by atoms with van der Waals surface area (Å²) in [6.07, 6.45) is 0. The average molecular weight is 583 g/mol. The Morgan fingerprint density at radius 1 is 1.03 bits per heavy atom. The van der Waals surface area contributed by atoms with Crippen LogP contribution in [0, 0.1) is 10.1 Å². The Balaban J connectivity index is 1.62. The lowest BCUT2D eigenvalue weighted by molar-refractivity contribution is -0.384. The summed E-state index contributed by atoms with van der Waals surface area (Å²) in [7, 11) is -1.45. The Labute approximate surface area is 224 Å². The zero-order chi connectivity index (χ0) is 26.9. The molecular formula is C22H16Cl2N4O7S2. The van der Waals surface area contributed by atoms with Crippen molar-refractivity contribution >= 4 is 77.2 Å². The SMILES string of the molecule is COc1cc(OC)c(NS(=O)(=O)c2ccc(Cl)c(C(=O)Nc3nc4ccc([N+](=O)[O-])cc4s3)c2)cc1Cl. The van der Waals surface area contributed by atoms with Gasteiger partial charge in [-0.05, 0) is 30.3 Å². The quantitative estimate of drug-likeness (QED) is 0.202. The molecule has 0 saturated carbocycles. The molecule has 2 N–H and O–H groups in total. The van der Waals surface area contributed by atoms with Crippen molar-refractivity contribution in [3.05, 3.63) is 74.3 Å². The fourth-order valence-corrected chi connectivity index (χ4v) is 5.66. The summed E-state index contributed by atoms with van der Waals surface area (Å²) in [5, 5.41) is 13.8. The molecule has 0 saturated heterocycles. The third-order valence-electron chi connectivity index (χ3n) is 5.01. The molecule has 0 fully saturated rings. The highest BCUT2D eigenvalue weighted by atomic mass is 35.5. The Bertz CT molecular complexity index is 1660. The van der Waals surface area contributed by atoms with Gasteiger partial charge in [0.2, 0.25) is 0 Å². The molecule has 192 valence electrons. The highest BCUT2D eigenvalue weighted by molar-refractivity contribution is 7.92. The van der Waals surface area contributed by atoms with Crippen LogP contribution in [-0.4, -0.2) is 38.5 Å². The number of nitrogens with one attached hydrogen (secondary N) is 2. The van der Waals surface area contributed by atoms with Gasteiger partial charge in [-0.15, -0.1) is 0 Å². The van der Waals surface area contributed by atoms with Crippen molar-refractivity contribution in [1.29, 1.82) is 0 Å². The van der Waals surface area contributed by atoms with E-state index in [0.29, 0.717) is 10.2 Å². The molecule has 4 aromatic rings. The minimum absolute atomic E-state index is 0.00160. The van der Waals surface area contributed by atoms with Gasteiger partial charge in [-0.25, -0.2) is 13.4 Å². The van der Waals surface area contributed by atoms with Crippen molar-refractivity contribution in [2.75, 3.05) is 24.3 Å². The number of carbonyl (C=O) groups is 1. The zero-order valence-corrected chi connectivity index (χ0v) is 22.1. The maximum atomic E-state index is 13.1. The molecule has 4 rings (SSSR count). The summed E-state index contributed by atoms with van der Waals surface area (Å²) >= 11 is 13.3. The molecule has 0 unspecified atom stereocenters. The highest BCUT2D eigenvalue weighted by Gasteiger charge is 2.22. The normalized spacial score (nSPS) is 11.2. The van der Waals surface area contributed by atoms with Gasteiger partial charge in [0.1, 0.15) is 11.5 Å². The molecule has 0 radical (unpaired) electrons. The number of methoxy groups -OCH3 is 2. The Morgan fingerprint density at radius 3 is 2.43 bits per heavy atom. The van der Waals surface area contributed by atoms with Crippen molar-refractivity contribution in [1.82, 2.24) is 4.98 Å². The van der Waals surface area contributed by atoms with Crippen molar-refractivity contribution in [3.8, 4) is 11.5 Å². The molecule has 37 heavy (non-hydrogen) atoms. The van der Waals surface area contributed by atoms with Gasteiger partial charge in [0, 0.05) is 18.2 Å². The highest BCUT2D eigenvalue weighted by Crippen LogP contribution is 2.37. The van der Waals surface area contributed by atoms with Crippen molar-refractivity contribution in [2.24, 2.45) is 0 Å². The number of sulfonamides is 1. The number of nitro groups is 1. The second-order valence-corrected chi connectivity index (χ2v) is 10.8. The van der Waals surface area contributed by atoms with Crippen LogP contribution in [0.4, 0.5) is 16.5 Å². The summed E-state index contributed by atoms with van der Waals surface area (Å²) in [5.41, 5.74) is 0.259. The van der Waals surface area contributed by atoms with E-state index in [1.165, 1.54) is 56.7 Å². The van der Waals surface area contributed by atoms with Crippen LogP contribution in [0.1, 0.15) is 10.4 Å². The number of nitro benzene ring substituents is 1. The fourth-order valence-electron chi connectivity index (χ4n) is 3.23. The molecule has 1 aromatic heterocycles. The minimum Gasteiger partial charge on any atom is -0.495 e. The first-order valence-electron chi connectivity index (χ1n) is 10.1. The number of benzene rings is 3. The Hall–Kier alpha value is -3.65. The fraction of sp³-hybridized carbons (Fsp3) is 0.0909. The van der Waals surface area contributed by atoms with E-state index in [4.69, 9.17) is 32.7 Å². The summed E-state index contributed by atoms with van der Waals surface area (Å²) in [4.78, 5) is 27.4. The number of anilines is 2. The van der Waals surface area contributed by atoms with Gasteiger partial charge >= 0.3 is 0 Å². The Morgan fingerprint density at radius 2 is 1.76 bits per heavy atom. The second-order valence-electron chi connectivity index (χ2n) is 7.32. The summed E-state index contributed by atoms with van der Waals surface area (Å²) < 4.78 is 39.4. The first kappa shape index (κ1) is 26.4. The molecule has 0 aliphatic rings. The summed E-state index contributed by atoms with van der Waals surface area (Å²) in [6, 6.07) is 10.5. The molecule has 1 amide bonds. The number of ether oxygens (including phenoxy) is 2. The largest absolute Gasteiger partial charge is 0.495 e. The zero-order valence-electron chi connectivity index (χ0n) is 18.9. The lowest BCUT2D eigenvalue weighted by Gasteiger charge is -2.15. The number of hydrogen-bond donors (Lipinski definition) is 2. The minimum atomic E-state index is -4.21.